The van der Waals surface area contributed by atoms with Crippen LogP contribution in [-0.4, -0.2) is 41.7 Å². The smallest absolute Gasteiger partial charge is 0.234 e. The molecule has 0 radical (unpaired) electrons. The fourth-order valence-corrected chi connectivity index (χ4v) is 4.15. The summed E-state index contributed by atoms with van der Waals surface area (Å²) in [5.41, 5.74) is 0.983. The van der Waals surface area contributed by atoms with Gasteiger partial charge in [0.25, 0.3) is 0 Å². The number of rotatable bonds is 6. The van der Waals surface area contributed by atoms with Gasteiger partial charge < -0.3 is 10.4 Å². The van der Waals surface area contributed by atoms with Gasteiger partial charge in [-0.1, -0.05) is 25.0 Å². The normalized spacial score (nSPS) is 23.5. The lowest BCUT2D eigenvalue weighted by Crippen LogP contribution is -2.43. The number of benzene rings is 1. The lowest BCUT2D eigenvalue weighted by atomic mass is 9.91. The average molecular weight is 334 g/mol. The number of nitrogens with one attached hydrogen (secondary N) is 1. The highest BCUT2D eigenvalue weighted by Crippen LogP contribution is 2.35. The largest absolute Gasteiger partial charge is 0.395 e. The number of carbonyl (C=O) groups is 1. The van der Waals surface area contributed by atoms with Gasteiger partial charge in [0, 0.05) is 6.04 Å². The predicted octanol–water partition coefficient (Wildman–Crippen LogP) is 2.63. The van der Waals surface area contributed by atoms with Crippen LogP contribution < -0.4 is 5.32 Å². The summed E-state index contributed by atoms with van der Waals surface area (Å²) >= 11 is 0. The summed E-state index contributed by atoms with van der Waals surface area (Å²) in [5.74, 6) is 0.168. The van der Waals surface area contributed by atoms with E-state index in [1.807, 2.05) is 0 Å². The number of halogens is 1. The summed E-state index contributed by atoms with van der Waals surface area (Å²) in [7, 11) is 0. The molecule has 1 saturated carbocycles. The van der Waals surface area contributed by atoms with Crippen molar-refractivity contribution in [2.45, 2.75) is 50.6 Å². The number of carbonyl (C=O) groups excluding carboxylic acids is 1. The summed E-state index contributed by atoms with van der Waals surface area (Å²) in [5, 5.41) is 12.6. The van der Waals surface area contributed by atoms with Crippen LogP contribution in [0.3, 0.4) is 0 Å². The molecule has 5 heteroatoms. The van der Waals surface area contributed by atoms with Crippen molar-refractivity contribution >= 4 is 5.91 Å². The first kappa shape index (κ1) is 17.4. The Balaban J connectivity index is 1.67. The van der Waals surface area contributed by atoms with Crippen molar-refractivity contribution in [1.82, 2.24) is 10.2 Å². The third-order valence-electron chi connectivity index (χ3n) is 5.47. The molecule has 1 aliphatic heterocycles. The van der Waals surface area contributed by atoms with E-state index in [4.69, 9.17) is 0 Å². The molecule has 1 aliphatic carbocycles. The van der Waals surface area contributed by atoms with Gasteiger partial charge in [-0.15, -0.1) is 0 Å². The Morgan fingerprint density at radius 3 is 2.58 bits per heavy atom. The predicted molar refractivity (Wildman–Crippen MR) is 90.9 cm³/mol. The maximum Gasteiger partial charge on any atom is 0.234 e. The molecule has 1 aromatic rings. The topological polar surface area (TPSA) is 52.6 Å². The number of aliphatic hydroxyl groups is 1. The first-order chi connectivity index (χ1) is 11.7. The zero-order chi connectivity index (χ0) is 16.9. The number of nitrogens with zero attached hydrogens (tertiary/aromatic N) is 1. The first-order valence-corrected chi connectivity index (χ1v) is 9.07. The molecule has 0 bridgehead atoms. The van der Waals surface area contributed by atoms with Crippen LogP contribution in [0.5, 0.6) is 0 Å². The van der Waals surface area contributed by atoms with Gasteiger partial charge in [0.2, 0.25) is 5.91 Å². The number of likely N-dealkylation sites (tertiary alicyclic amines) is 1. The molecular formula is C19H27FN2O2. The van der Waals surface area contributed by atoms with Gasteiger partial charge in [-0.2, -0.15) is 0 Å². The molecule has 4 nitrogen and oxygen atoms in total. The van der Waals surface area contributed by atoms with Gasteiger partial charge in [0.15, 0.2) is 0 Å². The van der Waals surface area contributed by atoms with Crippen molar-refractivity contribution in [3.05, 3.63) is 35.6 Å². The van der Waals surface area contributed by atoms with Crippen molar-refractivity contribution in [3.63, 3.8) is 0 Å². The molecule has 1 heterocycles. The van der Waals surface area contributed by atoms with Crippen LogP contribution in [0.25, 0.3) is 0 Å². The molecule has 0 spiro atoms. The van der Waals surface area contributed by atoms with Crippen LogP contribution in [0.1, 0.15) is 50.1 Å². The molecule has 1 aromatic carbocycles. The average Bonchev–Trinajstić information content (AvgIpc) is 3.25. The van der Waals surface area contributed by atoms with Crippen LogP contribution in [0.2, 0.25) is 0 Å². The van der Waals surface area contributed by atoms with Crippen LogP contribution in [0.4, 0.5) is 4.39 Å². The number of amides is 1. The van der Waals surface area contributed by atoms with E-state index in [0.29, 0.717) is 12.5 Å². The highest BCUT2D eigenvalue weighted by atomic mass is 19.1. The Morgan fingerprint density at radius 2 is 1.92 bits per heavy atom. The Morgan fingerprint density at radius 1 is 1.21 bits per heavy atom. The molecule has 132 valence electrons. The van der Waals surface area contributed by atoms with Crippen molar-refractivity contribution in [3.8, 4) is 0 Å². The molecular weight excluding hydrogens is 307 g/mol. The second kappa shape index (κ2) is 8.08. The quantitative estimate of drug-likeness (QED) is 0.841. The fourth-order valence-electron chi connectivity index (χ4n) is 4.15. The Kier molecular flexibility index (Phi) is 5.85. The number of hydrogen-bond donors (Lipinski definition) is 2. The zero-order valence-corrected chi connectivity index (χ0v) is 14.1. The molecule has 1 amide bonds. The second-order valence-corrected chi connectivity index (χ2v) is 7.09. The van der Waals surface area contributed by atoms with E-state index in [0.717, 1.165) is 37.8 Å². The van der Waals surface area contributed by atoms with Gasteiger partial charge in [0.1, 0.15) is 5.82 Å². The van der Waals surface area contributed by atoms with Crippen LogP contribution in [-0.2, 0) is 4.79 Å². The SMILES string of the molecule is O=C(CN1CCC[C@@H]1CO)NC(c1ccc(F)cc1)C1CCCC1. The Bertz CT molecular complexity index is 543. The summed E-state index contributed by atoms with van der Waals surface area (Å²) in [6.07, 6.45) is 6.57. The molecule has 2 atom stereocenters. The van der Waals surface area contributed by atoms with E-state index in [-0.39, 0.29) is 30.4 Å². The minimum Gasteiger partial charge on any atom is -0.395 e. The number of hydrogen-bond acceptors (Lipinski definition) is 3. The summed E-state index contributed by atoms with van der Waals surface area (Å²) in [6.45, 7) is 1.30. The molecule has 1 saturated heterocycles. The fraction of sp³-hybridized carbons (Fsp3) is 0.632. The lowest BCUT2D eigenvalue weighted by molar-refractivity contribution is -0.123. The minimum atomic E-state index is -0.252. The molecule has 0 aromatic heterocycles. The lowest BCUT2D eigenvalue weighted by Gasteiger charge is -2.28. The summed E-state index contributed by atoms with van der Waals surface area (Å²) < 4.78 is 13.2. The van der Waals surface area contributed by atoms with Crippen molar-refractivity contribution in [2.75, 3.05) is 19.7 Å². The summed E-state index contributed by atoms with van der Waals surface area (Å²) in [6, 6.07) is 6.55. The van der Waals surface area contributed by atoms with Gasteiger partial charge in [0.05, 0.1) is 19.2 Å². The maximum atomic E-state index is 13.2. The van der Waals surface area contributed by atoms with E-state index in [1.54, 1.807) is 12.1 Å². The van der Waals surface area contributed by atoms with E-state index >= 15 is 0 Å². The van der Waals surface area contributed by atoms with Crippen LogP contribution in [0.15, 0.2) is 24.3 Å². The monoisotopic (exact) mass is 334 g/mol. The van der Waals surface area contributed by atoms with Crippen LogP contribution >= 0.6 is 0 Å². The van der Waals surface area contributed by atoms with E-state index in [2.05, 4.69) is 10.2 Å². The molecule has 24 heavy (non-hydrogen) atoms. The molecule has 2 fully saturated rings. The third-order valence-corrected chi connectivity index (χ3v) is 5.47. The summed E-state index contributed by atoms with van der Waals surface area (Å²) in [4.78, 5) is 14.6. The highest BCUT2D eigenvalue weighted by molar-refractivity contribution is 5.78. The first-order valence-electron chi connectivity index (χ1n) is 9.07. The molecule has 1 unspecified atom stereocenters. The maximum absolute atomic E-state index is 13.2. The molecule has 3 rings (SSSR count). The van der Waals surface area contributed by atoms with Gasteiger partial charge >= 0.3 is 0 Å². The zero-order valence-electron chi connectivity index (χ0n) is 14.1. The van der Waals surface area contributed by atoms with Gasteiger partial charge in [-0.25, -0.2) is 4.39 Å². The van der Waals surface area contributed by atoms with E-state index < -0.39 is 0 Å². The molecule has 2 aliphatic rings. The molecule has 2 N–H and O–H groups in total. The standard InChI is InChI=1S/C19H27FN2O2/c20-16-9-7-15(8-10-16)19(14-4-1-2-5-14)21-18(24)12-22-11-3-6-17(22)13-23/h7-10,14,17,19,23H,1-6,11-13H2,(H,21,24)/t17-,19?/m1/s1. The third kappa shape index (κ3) is 4.14. The van der Waals surface area contributed by atoms with Crippen molar-refractivity contribution in [2.24, 2.45) is 5.92 Å². The van der Waals surface area contributed by atoms with Gasteiger partial charge in [-0.05, 0) is 55.8 Å². The van der Waals surface area contributed by atoms with E-state index in [9.17, 15) is 14.3 Å². The highest BCUT2D eigenvalue weighted by Gasteiger charge is 2.30. The van der Waals surface area contributed by atoms with Crippen molar-refractivity contribution < 1.29 is 14.3 Å². The minimum absolute atomic E-state index is 0.00317. The number of aliphatic hydroxyl groups excluding tert-OH is 1. The Hall–Kier alpha value is -1.46. The van der Waals surface area contributed by atoms with Crippen LogP contribution in [0, 0.1) is 11.7 Å². The van der Waals surface area contributed by atoms with Gasteiger partial charge in [-0.3, -0.25) is 9.69 Å². The van der Waals surface area contributed by atoms with E-state index in [1.165, 1.54) is 25.0 Å². The Labute approximate surface area is 143 Å². The second-order valence-electron chi connectivity index (χ2n) is 7.09. The van der Waals surface area contributed by atoms with Crippen molar-refractivity contribution in [1.29, 1.82) is 0 Å².